The van der Waals surface area contributed by atoms with Gasteiger partial charge in [-0.1, -0.05) is 176 Å². The van der Waals surface area contributed by atoms with Crippen molar-refractivity contribution >= 4 is 84.8 Å². The summed E-state index contributed by atoms with van der Waals surface area (Å²) >= 11 is 3.20. The topological polar surface area (TPSA) is 43.6 Å². The summed E-state index contributed by atoms with van der Waals surface area (Å²) in [5, 5.41) is 5.82. The average molecular weight is 848 g/mol. The molecule has 0 spiro atoms. The van der Waals surface area contributed by atoms with Crippen LogP contribution in [0, 0.1) is 0 Å². The molecule has 4 heterocycles. The zero-order chi connectivity index (χ0) is 49.3. The van der Waals surface area contributed by atoms with E-state index in [2.05, 4.69) is 60.7 Å². The van der Waals surface area contributed by atoms with Crippen molar-refractivity contribution in [2.75, 3.05) is 0 Å². The molecule has 294 valence electrons. The number of hydrogen-bond donors (Lipinski definition) is 0. The van der Waals surface area contributed by atoms with Gasteiger partial charge in [-0.05, 0) is 63.7 Å². The van der Waals surface area contributed by atoms with Gasteiger partial charge in [0.2, 0.25) is 5.95 Å². The summed E-state index contributed by atoms with van der Waals surface area (Å²) in [6.07, 6.45) is 0. The molecule has 13 aromatic rings. The number of hydrogen-bond acceptors (Lipinski definition) is 5. The van der Waals surface area contributed by atoms with Crippen LogP contribution in [0.1, 0.15) is 12.3 Å². The first kappa shape index (κ1) is 28.0. The SMILES string of the molecule is [2H]c1c([2H])c([2H])c(-c2cccc3sc4cc(-c5nc(-c6c([2H])c([2H])c(-c7ccccc7)c([2H])c6[2H])nc(-n6c7cc(-c8ccccc8)ccc7c7c8sc9ccccc9c8ccc76)n5)ccc4c23)c([2H])c1[2H]. The predicted molar refractivity (Wildman–Crippen MR) is 267 cm³/mol. The fourth-order valence-electron chi connectivity index (χ4n) is 8.75. The minimum Gasteiger partial charge on any atom is -0.278 e. The van der Waals surface area contributed by atoms with Crippen molar-refractivity contribution in [3.05, 3.63) is 206 Å². The lowest BCUT2D eigenvalue weighted by atomic mass is 9.99. The molecule has 13 rings (SSSR count). The van der Waals surface area contributed by atoms with Gasteiger partial charge < -0.3 is 0 Å². The quantitative estimate of drug-likeness (QED) is 0.167. The van der Waals surface area contributed by atoms with Gasteiger partial charge in [0.25, 0.3) is 0 Å². The lowest BCUT2D eigenvalue weighted by Crippen LogP contribution is -2.06. The van der Waals surface area contributed by atoms with Crippen LogP contribution >= 0.6 is 22.7 Å². The van der Waals surface area contributed by atoms with Gasteiger partial charge >= 0.3 is 0 Å². The van der Waals surface area contributed by atoms with E-state index < -0.39 is 18.1 Å². The second-order valence-electron chi connectivity index (χ2n) is 15.3. The van der Waals surface area contributed by atoms with Gasteiger partial charge in [0.1, 0.15) is 0 Å². The van der Waals surface area contributed by atoms with Crippen LogP contribution in [0.5, 0.6) is 0 Å². The second kappa shape index (κ2) is 14.4. The Hall–Kier alpha value is -7.77. The molecule has 0 radical (unpaired) electrons. The van der Waals surface area contributed by atoms with Crippen LogP contribution in [0.4, 0.5) is 0 Å². The fourth-order valence-corrected chi connectivity index (χ4v) is 11.2. The number of benzene rings is 9. The van der Waals surface area contributed by atoms with E-state index in [1.807, 2.05) is 65.2 Å². The van der Waals surface area contributed by atoms with Crippen molar-refractivity contribution in [3.8, 4) is 62.1 Å². The molecule has 0 fully saturated rings. The third kappa shape index (κ3) is 5.91. The van der Waals surface area contributed by atoms with E-state index in [0.717, 1.165) is 73.3 Å². The zero-order valence-corrected chi connectivity index (χ0v) is 34.7. The predicted octanol–water partition coefficient (Wildman–Crippen LogP) is 16.0. The summed E-state index contributed by atoms with van der Waals surface area (Å²) in [4.78, 5) is 15.4. The molecule has 0 N–H and O–H groups in total. The molecule has 0 atom stereocenters. The molecule has 0 unspecified atom stereocenters. The van der Waals surface area contributed by atoms with E-state index in [4.69, 9.17) is 21.8 Å². The van der Waals surface area contributed by atoms with Crippen molar-refractivity contribution in [1.29, 1.82) is 0 Å². The number of nitrogens with zero attached hydrogens (tertiary/aromatic N) is 4. The number of thiophene rings is 2. The molecule has 0 saturated heterocycles. The smallest absolute Gasteiger partial charge is 0.238 e. The zero-order valence-electron chi connectivity index (χ0n) is 42.0. The Balaban J connectivity index is 1.10. The Kier molecular flexibility index (Phi) is 6.40. The van der Waals surface area contributed by atoms with Crippen LogP contribution in [-0.4, -0.2) is 19.5 Å². The first-order valence-electron chi connectivity index (χ1n) is 24.9. The molecule has 63 heavy (non-hydrogen) atoms. The standard InChI is InChI=1S/C57H34N4S2/c1-4-13-35(14-5-1)37-23-25-39(26-24-37)55-58-56(41-28-30-46-51(34-41)62-50-22-12-20-42(52(46)50)38-17-8-3-9-18-38)60-57(59-55)61-47-32-31-44-43-19-10-11-21-49(43)63-54(44)53(47)45-29-27-40(33-48(45)61)36-15-6-2-7-16-36/h1-34H/i3D,8D,9D,17D,18D,23D,24D,25D,26D. The average Bonchev–Trinajstić information content (AvgIpc) is 4.09. The van der Waals surface area contributed by atoms with Crippen LogP contribution in [0.15, 0.2) is 206 Å². The van der Waals surface area contributed by atoms with Gasteiger partial charge in [0.05, 0.1) is 23.4 Å². The third-order valence-electron chi connectivity index (χ3n) is 11.6. The van der Waals surface area contributed by atoms with Crippen molar-refractivity contribution in [3.63, 3.8) is 0 Å². The Morgan fingerprint density at radius 2 is 1.05 bits per heavy atom. The molecule has 0 saturated carbocycles. The molecule has 0 bridgehead atoms. The molecule has 0 aliphatic rings. The first-order valence-corrected chi connectivity index (χ1v) is 22.0. The van der Waals surface area contributed by atoms with Crippen LogP contribution in [0.3, 0.4) is 0 Å². The summed E-state index contributed by atoms with van der Waals surface area (Å²) in [7, 11) is 0. The van der Waals surface area contributed by atoms with Gasteiger partial charge in [-0.15, -0.1) is 22.7 Å². The summed E-state index contributed by atoms with van der Waals surface area (Å²) in [5.41, 5.74) is 5.52. The largest absolute Gasteiger partial charge is 0.278 e. The minimum atomic E-state index is -0.456. The van der Waals surface area contributed by atoms with Gasteiger partial charge in [-0.3, -0.25) is 4.57 Å². The van der Waals surface area contributed by atoms with E-state index in [1.165, 1.54) is 11.3 Å². The second-order valence-corrected chi connectivity index (χ2v) is 17.4. The number of fused-ring (bicyclic) bond motifs is 10. The van der Waals surface area contributed by atoms with Gasteiger partial charge in [0, 0.05) is 62.2 Å². The molecule has 9 aromatic carbocycles. The fraction of sp³-hybridized carbons (Fsp3) is 0. The Morgan fingerprint density at radius 3 is 1.86 bits per heavy atom. The van der Waals surface area contributed by atoms with E-state index in [-0.39, 0.29) is 70.5 Å². The van der Waals surface area contributed by atoms with Crippen LogP contribution < -0.4 is 0 Å². The minimum absolute atomic E-state index is 0.0383. The normalized spacial score (nSPS) is 13.8. The molecule has 0 amide bonds. The van der Waals surface area contributed by atoms with Crippen LogP contribution in [0.25, 0.3) is 124 Å². The first-order chi connectivity index (χ1) is 35.0. The Bertz CT molecular complexity index is 4400. The molecule has 0 aliphatic carbocycles. The van der Waals surface area contributed by atoms with Crippen LogP contribution in [0.2, 0.25) is 0 Å². The maximum Gasteiger partial charge on any atom is 0.238 e. The number of rotatable bonds is 6. The third-order valence-corrected chi connectivity index (χ3v) is 14.0. The summed E-state index contributed by atoms with van der Waals surface area (Å²) in [6.45, 7) is 0. The monoisotopic (exact) mass is 847 g/mol. The van der Waals surface area contributed by atoms with E-state index >= 15 is 0 Å². The van der Waals surface area contributed by atoms with Crippen molar-refractivity contribution in [2.45, 2.75) is 0 Å². The highest BCUT2D eigenvalue weighted by molar-refractivity contribution is 7.27. The maximum atomic E-state index is 9.48. The maximum absolute atomic E-state index is 9.48. The number of aromatic nitrogens is 4. The molecule has 4 aromatic heterocycles. The highest BCUT2D eigenvalue weighted by Gasteiger charge is 2.22. The van der Waals surface area contributed by atoms with E-state index in [1.54, 1.807) is 41.7 Å². The molecular weight excluding hydrogens is 805 g/mol. The van der Waals surface area contributed by atoms with Gasteiger partial charge in [0.15, 0.2) is 11.6 Å². The highest BCUT2D eigenvalue weighted by atomic mass is 32.1. The molecular formula is C57H34N4S2. The van der Waals surface area contributed by atoms with E-state index in [9.17, 15) is 5.48 Å². The molecule has 6 heteroatoms. The Labute approximate surface area is 383 Å². The van der Waals surface area contributed by atoms with E-state index in [0.29, 0.717) is 16.7 Å². The summed E-state index contributed by atoms with van der Waals surface area (Å²) in [5.74, 6) is 0.398. The highest BCUT2D eigenvalue weighted by Crippen LogP contribution is 2.45. The van der Waals surface area contributed by atoms with Crippen LogP contribution in [-0.2, 0) is 0 Å². The lowest BCUT2D eigenvalue weighted by Gasteiger charge is -2.12. The summed E-state index contributed by atoms with van der Waals surface area (Å²) in [6, 6.07) is 46.5. The van der Waals surface area contributed by atoms with Gasteiger partial charge in [-0.2, -0.15) is 9.97 Å². The van der Waals surface area contributed by atoms with Gasteiger partial charge in [-0.25, -0.2) is 4.98 Å². The van der Waals surface area contributed by atoms with Crippen molar-refractivity contribution in [2.24, 2.45) is 0 Å². The molecule has 0 aliphatic heterocycles. The summed E-state index contributed by atoms with van der Waals surface area (Å²) < 4.78 is 86.1. The van der Waals surface area contributed by atoms with Crippen molar-refractivity contribution < 1.29 is 12.3 Å². The van der Waals surface area contributed by atoms with Crippen molar-refractivity contribution in [1.82, 2.24) is 19.5 Å². The Morgan fingerprint density at radius 1 is 0.381 bits per heavy atom. The lowest BCUT2D eigenvalue weighted by molar-refractivity contribution is 0.954. The molecule has 4 nitrogen and oxygen atoms in total.